The van der Waals surface area contributed by atoms with Crippen LogP contribution in [0.5, 0.6) is 5.75 Å². The number of hydrogen-bond acceptors (Lipinski definition) is 2. The van der Waals surface area contributed by atoms with Gasteiger partial charge in [0.05, 0.1) is 5.56 Å². The zero-order valence-corrected chi connectivity index (χ0v) is 11.5. The van der Waals surface area contributed by atoms with Crippen molar-refractivity contribution in [2.24, 2.45) is 0 Å². The van der Waals surface area contributed by atoms with Crippen LogP contribution in [-0.2, 0) is 6.54 Å². The van der Waals surface area contributed by atoms with E-state index >= 15 is 0 Å². The Morgan fingerprint density at radius 3 is 2.38 bits per heavy atom. The van der Waals surface area contributed by atoms with Crippen molar-refractivity contribution in [1.29, 1.82) is 0 Å². The van der Waals surface area contributed by atoms with Gasteiger partial charge < -0.3 is 9.64 Å². The summed E-state index contributed by atoms with van der Waals surface area (Å²) >= 11 is 0. The zero-order valence-electron chi connectivity index (χ0n) is 11.5. The first-order valence-electron chi connectivity index (χ1n) is 6.41. The van der Waals surface area contributed by atoms with Crippen molar-refractivity contribution in [3.8, 4) is 5.75 Å². The molecule has 0 aliphatic rings. The summed E-state index contributed by atoms with van der Waals surface area (Å²) in [5.41, 5.74) is 1.08. The molecule has 0 saturated carbocycles. The van der Waals surface area contributed by atoms with Gasteiger partial charge in [-0.1, -0.05) is 42.5 Å². The van der Waals surface area contributed by atoms with Crippen LogP contribution in [0.2, 0.25) is 0 Å². The topological polar surface area (TPSA) is 29.5 Å². The number of carbonyl (C=O) groups excluding carboxylic acids is 1. The van der Waals surface area contributed by atoms with E-state index in [1.807, 2.05) is 30.3 Å². The minimum atomic E-state index is -2.96. The van der Waals surface area contributed by atoms with Crippen molar-refractivity contribution in [3.63, 3.8) is 0 Å². The molecule has 0 unspecified atom stereocenters. The van der Waals surface area contributed by atoms with E-state index in [1.54, 1.807) is 19.2 Å². The van der Waals surface area contributed by atoms with Gasteiger partial charge >= 0.3 is 6.61 Å². The first-order chi connectivity index (χ1) is 10.1. The number of hydrogen-bond donors (Lipinski definition) is 0. The van der Waals surface area contributed by atoms with Gasteiger partial charge in [-0.15, -0.1) is 0 Å². The molecule has 0 N–H and O–H groups in total. The maximum absolute atomic E-state index is 12.4. The molecular formula is C16H15F2NO2. The molecule has 0 aromatic heterocycles. The van der Waals surface area contributed by atoms with Crippen LogP contribution < -0.4 is 4.74 Å². The second kappa shape index (κ2) is 6.83. The number of rotatable bonds is 5. The summed E-state index contributed by atoms with van der Waals surface area (Å²) in [5, 5.41) is 0. The van der Waals surface area contributed by atoms with Gasteiger partial charge in [0, 0.05) is 13.6 Å². The normalized spacial score (nSPS) is 10.5. The van der Waals surface area contributed by atoms with E-state index in [9.17, 15) is 13.6 Å². The van der Waals surface area contributed by atoms with Crippen LogP contribution in [0.15, 0.2) is 54.6 Å². The molecule has 0 aliphatic carbocycles. The number of para-hydroxylation sites is 1. The number of ether oxygens (including phenoxy) is 1. The summed E-state index contributed by atoms with van der Waals surface area (Å²) in [5.74, 6) is -0.479. The van der Waals surface area contributed by atoms with Gasteiger partial charge in [0.25, 0.3) is 5.91 Å². The zero-order chi connectivity index (χ0) is 15.2. The molecule has 0 atom stereocenters. The molecule has 0 bridgehead atoms. The SMILES string of the molecule is CN(Cc1ccccc1)C(=O)c1ccccc1OC(F)F. The van der Waals surface area contributed by atoms with Crippen LogP contribution in [0.1, 0.15) is 15.9 Å². The molecule has 5 heteroatoms. The molecule has 2 aromatic rings. The number of amides is 1. The molecule has 0 saturated heterocycles. The van der Waals surface area contributed by atoms with Crippen LogP contribution in [-0.4, -0.2) is 24.5 Å². The van der Waals surface area contributed by atoms with Crippen molar-refractivity contribution >= 4 is 5.91 Å². The van der Waals surface area contributed by atoms with Crippen LogP contribution in [0.25, 0.3) is 0 Å². The molecule has 0 heterocycles. The van der Waals surface area contributed by atoms with E-state index in [0.29, 0.717) is 6.54 Å². The van der Waals surface area contributed by atoms with Gasteiger partial charge in [0.2, 0.25) is 0 Å². The molecule has 2 aromatic carbocycles. The van der Waals surface area contributed by atoms with Crippen molar-refractivity contribution < 1.29 is 18.3 Å². The Kier molecular flexibility index (Phi) is 4.87. The number of benzene rings is 2. The Morgan fingerprint density at radius 1 is 1.10 bits per heavy atom. The fourth-order valence-electron chi connectivity index (χ4n) is 1.98. The van der Waals surface area contributed by atoms with Gasteiger partial charge in [-0.2, -0.15) is 8.78 Å². The summed E-state index contributed by atoms with van der Waals surface area (Å²) in [4.78, 5) is 13.8. The summed E-state index contributed by atoms with van der Waals surface area (Å²) < 4.78 is 29.1. The van der Waals surface area contributed by atoms with Crippen molar-refractivity contribution in [1.82, 2.24) is 4.90 Å². The van der Waals surface area contributed by atoms with Crippen LogP contribution in [0.4, 0.5) is 8.78 Å². The predicted octanol–water partition coefficient (Wildman–Crippen LogP) is 3.56. The summed E-state index contributed by atoms with van der Waals surface area (Å²) in [6.07, 6.45) is 0. The Morgan fingerprint density at radius 2 is 1.71 bits per heavy atom. The maximum Gasteiger partial charge on any atom is 0.387 e. The third-order valence-corrected chi connectivity index (χ3v) is 2.94. The van der Waals surface area contributed by atoms with Gasteiger partial charge in [0.1, 0.15) is 5.75 Å². The van der Waals surface area contributed by atoms with Gasteiger partial charge in [0.15, 0.2) is 0 Å². The van der Waals surface area contributed by atoms with E-state index in [-0.39, 0.29) is 17.2 Å². The number of halogens is 2. The first-order valence-corrected chi connectivity index (χ1v) is 6.41. The monoisotopic (exact) mass is 291 g/mol. The molecule has 0 radical (unpaired) electrons. The highest BCUT2D eigenvalue weighted by atomic mass is 19.3. The van der Waals surface area contributed by atoms with E-state index in [0.717, 1.165) is 5.56 Å². The summed E-state index contributed by atoms with van der Waals surface area (Å²) in [6, 6.07) is 15.4. The van der Waals surface area contributed by atoms with Crippen molar-refractivity contribution in [3.05, 3.63) is 65.7 Å². The third-order valence-electron chi connectivity index (χ3n) is 2.94. The number of carbonyl (C=O) groups is 1. The van der Waals surface area contributed by atoms with E-state index < -0.39 is 6.61 Å². The second-order valence-electron chi connectivity index (χ2n) is 4.52. The smallest absolute Gasteiger partial charge is 0.387 e. The van der Waals surface area contributed by atoms with Gasteiger partial charge in [-0.3, -0.25) is 4.79 Å². The molecule has 2 rings (SSSR count). The predicted molar refractivity (Wildman–Crippen MR) is 75.3 cm³/mol. The molecule has 110 valence electrons. The lowest BCUT2D eigenvalue weighted by Crippen LogP contribution is -2.26. The molecule has 0 spiro atoms. The highest BCUT2D eigenvalue weighted by Gasteiger charge is 2.18. The van der Waals surface area contributed by atoms with Crippen LogP contribution in [0.3, 0.4) is 0 Å². The third kappa shape index (κ3) is 4.02. The first kappa shape index (κ1) is 15.0. The highest BCUT2D eigenvalue weighted by Crippen LogP contribution is 2.22. The van der Waals surface area contributed by atoms with E-state index in [2.05, 4.69) is 4.74 Å². The fraction of sp³-hybridized carbons (Fsp3) is 0.188. The average molecular weight is 291 g/mol. The standard InChI is InChI=1S/C16H15F2NO2/c1-19(11-12-7-3-2-4-8-12)15(20)13-9-5-6-10-14(13)21-16(17)18/h2-10,16H,11H2,1H3. The van der Waals surface area contributed by atoms with Gasteiger partial charge in [-0.25, -0.2) is 0 Å². The fourth-order valence-corrected chi connectivity index (χ4v) is 1.98. The Bertz CT molecular complexity index is 602. The number of nitrogens with zero attached hydrogens (tertiary/aromatic N) is 1. The Balaban J connectivity index is 2.16. The minimum Gasteiger partial charge on any atom is -0.434 e. The van der Waals surface area contributed by atoms with Crippen molar-refractivity contribution in [2.75, 3.05) is 7.05 Å². The van der Waals surface area contributed by atoms with E-state index in [1.165, 1.54) is 17.0 Å². The molecule has 0 fully saturated rings. The van der Waals surface area contributed by atoms with E-state index in [4.69, 9.17) is 0 Å². The molecule has 0 aliphatic heterocycles. The maximum atomic E-state index is 12.4. The largest absolute Gasteiger partial charge is 0.434 e. The summed E-state index contributed by atoms with van der Waals surface area (Å²) in [6.45, 7) is -2.57. The van der Waals surface area contributed by atoms with Crippen LogP contribution >= 0.6 is 0 Å². The van der Waals surface area contributed by atoms with Crippen LogP contribution in [0, 0.1) is 0 Å². The molecule has 21 heavy (non-hydrogen) atoms. The lowest BCUT2D eigenvalue weighted by molar-refractivity contribution is -0.0502. The number of alkyl halides is 2. The molecular weight excluding hydrogens is 276 g/mol. The average Bonchev–Trinajstić information content (AvgIpc) is 2.47. The quantitative estimate of drug-likeness (QED) is 0.843. The lowest BCUT2D eigenvalue weighted by atomic mass is 10.1. The molecule has 3 nitrogen and oxygen atoms in total. The summed E-state index contributed by atoms with van der Waals surface area (Å²) in [7, 11) is 1.62. The highest BCUT2D eigenvalue weighted by molar-refractivity contribution is 5.96. The lowest BCUT2D eigenvalue weighted by Gasteiger charge is -2.19. The Labute approximate surface area is 121 Å². The second-order valence-corrected chi connectivity index (χ2v) is 4.52. The van der Waals surface area contributed by atoms with Gasteiger partial charge in [-0.05, 0) is 17.7 Å². The van der Waals surface area contributed by atoms with Crippen molar-refractivity contribution in [2.45, 2.75) is 13.2 Å². The Hall–Kier alpha value is -2.43. The minimum absolute atomic E-state index is 0.114. The molecule has 1 amide bonds.